The molecule has 2 aromatic heterocycles. The van der Waals surface area contributed by atoms with Gasteiger partial charge >= 0.3 is 0 Å². The Morgan fingerprint density at radius 1 is 1.43 bits per heavy atom. The molecule has 0 radical (unpaired) electrons. The minimum atomic E-state index is -0.269. The smallest absolute Gasteiger partial charge is 0.274 e. The number of aryl methyl sites for hydroxylation is 2. The lowest BCUT2D eigenvalue weighted by Gasteiger charge is -2.29. The maximum absolute atomic E-state index is 13.0. The molecule has 0 aliphatic carbocycles. The molecule has 4 atom stereocenters. The predicted molar refractivity (Wildman–Crippen MR) is 98.7 cm³/mol. The summed E-state index contributed by atoms with van der Waals surface area (Å²) in [5, 5.41) is 7.34. The Morgan fingerprint density at radius 3 is 3.00 bits per heavy atom. The summed E-state index contributed by atoms with van der Waals surface area (Å²) >= 11 is 0. The van der Waals surface area contributed by atoms with Crippen molar-refractivity contribution in [3.63, 3.8) is 0 Å². The third-order valence-corrected chi connectivity index (χ3v) is 6.69. The van der Waals surface area contributed by atoms with Crippen molar-refractivity contribution in [3.8, 4) is 0 Å². The van der Waals surface area contributed by atoms with Gasteiger partial charge in [-0.25, -0.2) is 0 Å². The Morgan fingerprint density at radius 2 is 2.29 bits per heavy atom. The van der Waals surface area contributed by atoms with Crippen molar-refractivity contribution < 1.29 is 18.7 Å². The normalized spacial score (nSPS) is 30.6. The van der Waals surface area contributed by atoms with Gasteiger partial charge in [-0.2, -0.15) is 5.10 Å². The van der Waals surface area contributed by atoms with Crippen LogP contribution in [0, 0.1) is 18.8 Å². The molecule has 0 saturated carbocycles. The maximum atomic E-state index is 13.0. The van der Waals surface area contributed by atoms with Gasteiger partial charge in [0.1, 0.15) is 6.26 Å². The summed E-state index contributed by atoms with van der Waals surface area (Å²) in [6.07, 6.45) is 5.04. The van der Waals surface area contributed by atoms with Gasteiger partial charge in [-0.15, -0.1) is 0 Å². The summed E-state index contributed by atoms with van der Waals surface area (Å²) in [6.45, 7) is 3.74. The molecule has 5 rings (SSSR count). The lowest BCUT2D eigenvalue weighted by molar-refractivity contribution is 0.00310. The maximum Gasteiger partial charge on any atom is 0.274 e. The first kappa shape index (κ1) is 17.5. The molecule has 3 saturated heterocycles. The molecule has 0 aromatic carbocycles. The monoisotopic (exact) mass is 384 g/mol. The number of nitrogens with zero attached hydrogens (tertiary/aromatic N) is 3. The SMILES string of the molecule is Cc1cc(C(=O)N2C[C@@H]3[C@H](CNC(=O)c4ccoc4)[C@H]4CC[C@]3(C2)O4)nn1C. The molecule has 8 heteroatoms. The Balaban J connectivity index is 1.29. The molecule has 3 aliphatic rings. The van der Waals surface area contributed by atoms with Crippen LogP contribution in [0.5, 0.6) is 0 Å². The average molecular weight is 384 g/mol. The molecule has 2 aromatic rings. The van der Waals surface area contributed by atoms with Crippen molar-refractivity contribution in [2.75, 3.05) is 19.6 Å². The van der Waals surface area contributed by atoms with Crippen LogP contribution in [0.3, 0.4) is 0 Å². The molecule has 148 valence electrons. The number of carbonyl (C=O) groups is 2. The average Bonchev–Trinajstić information content (AvgIpc) is 3.47. The summed E-state index contributed by atoms with van der Waals surface area (Å²) < 4.78 is 13.1. The fraction of sp³-hybridized carbons (Fsp3) is 0.550. The summed E-state index contributed by atoms with van der Waals surface area (Å²) in [6, 6.07) is 3.48. The first-order valence-electron chi connectivity index (χ1n) is 9.75. The highest BCUT2D eigenvalue weighted by Gasteiger charge is 2.63. The molecule has 3 aliphatic heterocycles. The van der Waals surface area contributed by atoms with Crippen LogP contribution in [0.15, 0.2) is 29.1 Å². The number of hydrogen-bond donors (Lipinski definition) is 1. The number of aromatic nitrogens is 2. The molecule has 3 fully saturated rings. The number of furan rings is 1. The van der Waals surface area contributed by atoms with Gasteiger partial charge in [0, 0.05) is 37.7 Å². The van der Waals surface area contributed by atoms with Gasteiger partial charge in [-0.3, -0.25) is 14.3 Å². The van der Waals surface area contributed by atoms with E-state index in [2.05, 4.69) is 10.4 Å². The summed E-state index contributed by atoms with van der Waals surface area (Å²) in [7, 11) is 1.84. The molecule has 2 bridgehead atoms. The van der Waals surface area contributed by atoms with E-state index < -0.39 is 0 Å². The lowest BCUT2D eigenvalue weighted by Crippen LogP contribution is -2.41. The van der Waals surface area contributed by atoms with Crippen LogP contribution >= 0.6 is 0 Å². The van der Waals surface area contributed by atoms with Crippen LogP contribution < -0.4 is 5.32 Å². The van der Waals surface area contributed by atoms with Crippen LogP contribution in [-0.4, -0.2) is 57.8 Å². The van der Waals surface area contributed by atoms with E-state index in [1.165, 1.54) is 12.5 Å². The topological polar surface area (TPSA) is 89.6 Å². The zero-order chi connectivity index (χ0) is 19.5. The third kappa shape index (κ3) is 2.58. The van der Waals surface area contributed by atoms with E-state index in [0.29, 0.717) is 30.9 Å². The van der Waals surface area contributed by atoms with E-state index in [9.17, 15) is 9.59 Å². The highest BCUT2D eigenvalue weighted by atomic mass is 16.5. The summed E-state index contributed by atoms with van der Waals surface area (Å²) in [4.78, 5) is 27.1. The molecule has 5 heterocycles. The molecule has 1 spiro atoms. The molecular weight excluding hydrogens is 360 g/mol. The van der Waals surface area contributed by atoms with E-state index in [4.69, 9.17) is 9.15 Å². The van der Waals surface area contributed by atoms with E-state index in [0.717, 1.165) is 18.5 Å². The quantitative estimate of drug-likeness (QED) is 0.860. The van der Waals surface area contributed by atoms with E-state index in [-0.39, 0.29) is 35.4 Å². The van der Waals surface area contributed by atoms with Crippen LogP contribution in [-0.2, 0) is 11.8 Å². The number of nitrogens with one attached hydrogen (secondary N) is 1. The highest BCUT2D eigenvalue weighted by molar-refractivity contribution is 5.94. The van der Waals surface area contributed by atoms with Gasteiger partial charge in [-0.1, -0.05) is 0 Å². The van der Waals surface area contributed by atoms with Gasteiger partial charge in [0.25, 0.3) is 11.8 Å². The van der Waals surface area contributed by atoms with Gasteiger partial charge in [0.05, 0.1) is 30.1 Å². The van der Waals surface area contributed by atoms with Crippen molar-refractivity contribution >= 4 is 11.8 Å². The number of fused-ring (bicyclic) bond motifs is 1. The van der Waals surface area contributed by atoms with Gasteiger partial charge in [-0.05, 0) is 31.9 Å². The van der Waals surface area contributed by atoms with Crippen LogP contribution in [0.4, 0.5) is 0 Å². The molecule has 0 unspecified atom stereocenters. The van der Waals surface area contributed by atoms with Crippen LogP contribution in [0.2, 0.25) is 0 Å². The van der Waals surface area contributed by atoms with E-state index >= 15 is 0 Å². The number of likely N-dealkylation sites (tertiary alicyclic amines) is 1. The fourth-order valence-corrected chi connectivity index (χ4v) is 5.15. The first-order chi connectivity index (χ1) is 13.5. The number of carbonyl (C=O) groups excluding carboxylic acids is 2. The first-order valence-corrected chi connectivity index (χ1v) is 9.75. The van der Waals surface area contributed by atoms with E-state index in [1.54, 1.807) is 10.7 Å². The Bertz CT molecular complexity index is 901. The predicted octanol–water partition coefficient (Wildman–Crippen LogP) is 1.37. The molecule has 8 nitrogen and oxygen atoms in total. The second-order valence-electron chi connectivity index (χ2n) is 8.23. The zero-order valence-electron chi connectivity index (χ0n) is 16.1. The minimum absolute atomic E-state index is 0.0410. The van der Waals surface area contributed by atoms with E-state index in [1.807, 2.05) is 24.9 Å². The summed E-state index contributed by atoms with van der Waals surface area (Å²) in [5.74, 6) is 0.277. The Labute approximate surface area is 162 Å². The molecular formula is C20H24N4O4. The van der Waals surface area contributed by atoms with Crippen molar-refractivity contribution in [2.24, 2.45) is 18.9 Å². The van der Waals surface area contributed by atoms with Gasteiger partial charge in [0.2, 0.25) is 0 Å². The largest absolute Gasteiger partial charge is 0.472 e. The Hall–Kier alpha value is -2.61. The third-order valence-electron chi connectivity index (χ3n) is 6.69. The number of amides is 2. The van der Waals surface area contributed by atoms with Crippen molar-refractivity contribution in [3.05, 3.63) is 41.6 Å². The van der Waals surface area contributed by atoms with Crippen LogP contribution in [0.25, 0.3) is 0 Å². The summed E-state index contributed by atoms with van der Waals surface area (Å²) in [5.41, 5.74) is 1.69. The molecule has 2 amide bonds. The number of ether oxygens (including phenoxy) is 1. The highest BCUT2D eigenvalue weighted by Crippen LogP contribution is 2.54. The second-order valence-corrected chi connectivity index (χ2v) is 8.23. The second kappa shape index (κ2) is 6.20. The van der Waals surface area contributed by atoms with Crippen molar-refractivity contribution in [2.45, 2.75) is 31.5 Å². The molecule has 1 N–H and O–H groups in total. The van der Waals surface area contributed by atoms with Gasteiger partial charge < -0.3 is 19.4 Å². The van der Waals surface area contributed by atoms with Gasteiger partial charge in [0.15, 0.2) is 5.69 Å². The lowest BCUT2D eigenvalue weighted by atomic mass is 9.73. The van der Waals surface area contributed by atoms with Crippen molar-refractivity contribution in [1.29, 1.82) is 0 Å². The standard InChI is InChI=1S/C20H24N4O4/c1-12-7-16(22-23(12)2)19(26)24-9-15-14(17-3-5-20(15,11-24)28-17)8-21-18(25)13-4-6-27-10-13/h4,6-7,10,14-15,17H,3,5,8-9,11H2,1-2H3,(H,21,25)/t14-,15+,17+,20+/m0/s1. The molecule has 28 heavy (non-hydrogen) atoms. The zero-order valence-corrected chi connectivity index (χ0v) is 16.1. The number of rotatable bonds is 4. The number of hydrogen-bond acceptors (Lipinski definition) is 5. The van der Waals surface area contributed by atoms with Crippen molar-refractivity contribution in [1.82, 2.24) is 20.0 Å². The fourth-order valence-electron chi connectivity index (χ4n) is 5.15. The Kier molecular flexibility index (Phi) is 3.87. The minimum Gasteiger partial charge on any atom is -0.472 e. The van der Waals surface area contributed by atoms with Crippen LogP contribution in [0.1, 0.15) is 39.4 Å².